The maximum atomic E-state index is 8.89. The molecule has 1 atom stereocenters. The summed E-state index contributed by atoms with van der Waals surface area (Å²) in [5, 5.41) is 8.89. The summed E-state index contributed by atoms with van der Waals surface area (Å²) < 4.78 is 9.78. The molecular weight excluding hydrogens is 168 g/mol. The van der Waals surface area contributed by atoms with Gasteiger partial charge < -0.3 is 4.74 Å². The molecule has 0 heterocycles. The van der Waals surface area contributed by atoms with E-state index in [0.29, 0.717) is 0 Å². The van der Waals surface area contributed by atoms with Crippen LogP contribution in [0.25, 0.3) is 4.85 Å². The van der Waals surface area contributed by atoms with Crippen molar-refractivity contribution in [2.24, 2.45) is 5.41 Å². The van der Waals surface area contributed by atoms with E-state index in [-0.39, 0.29) is 6.79 Å². The summed E-state index contributed by atoms with van der Waals surface area (Å²) in [5.41, 5.74) is -2.01. The SMILES string of the molecule is [C-]#[N+]C(C#N)(OCOC)C(C)(C)C. The first-order valence-electron chi connectivity index (χ1n) is 3.86. The van der Waals surface area contributed by atoms with Crippen LogP contribution in [0.1, 0.15) is 20.8 Å². The lowest BCUT2D eigenvalue weighted by molar-refractivity contribution is -0.124. The van der Waals surface area contributed by atoms with Crippen LogP contribution < -0.4 is 0 Å². The summed E-state index contributed by atoms with van der Waals surface area (Å²) in [4.78, 5) is 3.23. The third kappa shape index (κ3) is 2.42. The third-order valence-electron chi connectivity index (χ3n) is 1.71. The first-order chi connectivity index (χ1) is 5.93. The molecule has 0 aliphatic heterocycles. The molecule has 0 amide bonds. The third-order valence-corrected chi connectivity index (χ3v) is 1.71. The second-order valence-corrected chi connectivity index (χ2v) is 3.67. The van der Waals surface area contributed by atoms with Crippen LogP contribution in [-0.4, -0.2) is 19.6 Å². The van der Waals surface area contributed by atoms with Gasteiger partial charge >= 0.3 is 5.72 Å². The van der Waals surface area contributed by atoms with Crippen LogP contribution in [0.5, 0.6) is 0 Å². The fraction of sp³-hybridized carbons (Fsp3) is 0.778. The minimum absolute atomic E-state index is 0.0484. The highest BCUT2D eigenvalue weighted by Gasteiger charge is 2.51. The monoisotopic (exact) mass is 182 g/mol. The maximum absolute atomic E-state index is 8.89. The molecule has 72 valence electrons. The minimum atomic E-state index is -1.46. The molecule has 1 unspecified atom stereocenters. The van der Waals surface area contributed by atoms with Crippen molar-refractivity contribution in [1.29, 1.82) is 5.26 Å². The smallest absolute Gasteiger partial charge is 0.358 e. The van der Waals surface area contributed by atoms with Crippen molar-refractivity contribution in [3.63, 3.8) is 0 Å². The molecule has 0 saturated carbocycles. The van der Waals surface area contributed by atoms with E-state index in [1.54, 1.807) is 20.8 Å². The number of hydrogen-bond acceptors (Lipinski definition) is 3. The van der Waals surface area contributed by atoms with E-state index in [0.717, 1.165) is 0 Å². The van der Waals surface area contributed by atoms with Gasteiger partial charge in [-0.25, -0.2) is 6.57 Å². The maximum Gasteiger partial charge on any atom is 0.431 e. The molecule has 0 aliphatic carbocycles. The van der Waals surface area contributed by atoms with E-state index < -0.39 is 11.1 Å². The Morgan fingerprint density at radius 1 is 1.46 bits per heavy atom. The zero-order valence-electron chi connectivity index (χ0n) is 8.42. The fourth-order valence-electron chi connectivity index (χ4n) is 0.786. The predicted molar refractivity (Wildman–Crippen MR) is 47.4 cm³/mol. The van der Waals surface area contributed by atoms with Crippen LogP contribution in [0.15, 0.2) is 0 Å². The van der Waals surface area contributed by atoms with E-state index in [9.17, 15) is 0 Å². The molecular formula is C9H14N2O2. The Bertz CT molecular complexity index is 228. The zero-order valence-corrected chi connectivity index (χ0v) is 8.42. The molecule has 0 aromatic heterocycles. The molecule has 0 saturated heterocycles. The molecule has 13 heavy (non-hydrogen) atoms. The van der Waals surface area contributed by atoms with Gasteiger partial charge in [-0.2, -0.15) is 5.26 Å². The molecule has 0 aromatic rings. The van der Waals surface area contributed by atoms with Crippen molar-refractivity contribution in [2.45, 2.75) is 26.5 Å². The molecule has 0 spiro atoms. The van der Waals surface area contributed by atoms with Gasteiger partial charge in [0.1, 0.15) is 0 Å². The molecule has 0 aromatic carbocycles. The zero-order chi connectivity index (χ0) is 10.5. The molecule has 0 fully saturated rings. The number of methoxy groups -OCH3 is 1. The van der Waals surface area contributed by atoms with Gasteiger partial charge in [0.15, 0.2) is 12.9 Å². The highest BCUT2D eigenvalue weighted by atomic mass is 16.7. The largest absolute Gasteiger partial charge is 0.431 e. The average molecular weight is 182 g/mol. The number of hydrogen-bond donors (Lipinski definition) is 0. The van der Waals surface area contributed by atoms with E-state index in [1.807, 2.05) is 6.07 Å². The van der Waals surface area contributed by atoms with E-state index in [2.05, 4.69) is 9.58 Å². The number of ether oxygens (including phenoxy) is 2. The summed E-state index contributed by atoms with van der Waals surface area (Å²) in [5.74, 6) is 0. The van der Waals surface area contributed by atoms with Gasteiger partial charge in [0.05, 0.1) is 5.41 Å². The van der Waals surface area contributed by atoms with Crippen molar-refractivity contribution in [3.8, 4) is 6.07 Å². The van der Waals surface area contributed by atoms with Crippen LogP contribution >= 0.6 is 0 Å². The standard InChI is InChI=1S/C9H14N2O2/c1-8(2,3)9(6-10,11-4)13-7-12-5/h7H2,1-3,5H3. The van der Waals surface area contributed by atoms with Gasteiger partial charge in [0, 0.05) is 7.11 Å². The molecule has 0 N–H and O–H groups in total. The van der Waals surface area contributed by atoms with Gasteiger partial charge in [-0.1, -0.05) is 0 Å². The highest BCUT2D eigenvalue weighted by molar-refractivity contribution is 5.14. The van der Waals surface area contributed by atoms with Crippen molar-refractivity contribution >= 4 is 0 Å². The summed E-state index contributed by atoms with van der Waals surface area (Å²) >= 11 is 0. The Morgan fingerprint density at radius 2 is 2.00 bits per heavy atom. The summed E-state index contributed by atoms with van der Waals surface area (Å²) in [6, 6.07) is 1.88. The van der Waals surface area contributed by atoms with Crippen molar-refractivity contribution in [3.05, 3.63) is 11.4 Å². The summed E-state index contributed by atoms with van der Waals surface area (Å²) in [6.07, 6.45) is 0. The van der Waals surface area contributed by atoms with Gasteiger partial charge in [0.2, 0.25) is 0 Å². The van der Waals surface area contributed by atoms with E-state index in [4.69, 9.17) is 16.6 Å². The Balaban J connectivity index is 4.77. The Kier molecular flexibility index (Phi) is 3.87. The predicted octanol–water partition coefficient (Wildman–Crippen LogP) is 1.79. The number of nitriles is 1. The second-order valence-electron chi connectivity index (χ2n) is 3.67. The van der Waals surface area contributed by atoms with Gasteiger partial charge in [-0.15, -0.1) is 0 Å². The van der Waals surface area contributed by atoms with Crippen LogP contribution in [0, 0.1) is 23.3 Å². The summed E-state index contributed by atoms with van der Waals surface area (Å²) in [7, 11) is 1.45. The van der Waals surface area contributed by atoms with Gasteiger partial charge in [-0.05, 0) is 20.8 Å². The lowest BCUT2D eigenvalue weighted by Gasteiger charge is -2.26. The molecule has 4 nitrogen and oxygen atoms in total. The Hall–Kier alpha value is -1.10. The van der Waals surface area contributed by atoms with E-state index >= 15 is 0 Å². The Morgan fingerprint density at radius 3 is 2.23 bits per heavy atom. The van der Waals surface area contributed by atoms with Crippen molar-refractivity contribution < 1.29 is 9.47 Å². The van der Waals surface area contributed by atoms with Crippen LogP contribution in [0.3, 0.4) is 0 Å². The normalized spacial score (nSPS) is 15.5. The number of rotatable bonds is 3. The molecule has 0 bridgehead atoms. The molecule has 0 aliphatic rings. The minimum Gasteiger partial charge on any atom is -0.358 e. The number of nitrogens with zero attached hydrogens (tertiary/aromatic N) is 2. The van der Waals surface area contributed by atoms with E-state index in [1.165, 1.54) is 7.11 Å². The van der Waals surface area contributed by atoms with Crippen LogP contribution in [0.4, 0.5) is 0 Å². The lowest BCUT2D eigenvalue weighted by Crippen LogP contribution is -2.41. The molecule has 4 heteroatoms. The van der Waals surface area contributed by atoms with Crippen LogP contribution in [0.2, 0.25) is 0 Å². The topological polar surface area (TPSA) is 46.6 Å². The molecule has 0 rings (SSSR count). The lowest BCUT2D eigenvalue weighted by atomic mass is 9.84. The van der Waals surface area contributed by atoms with Crippen molar-refractivity contribution in [1.82, 2.24) is 0 Å². The first-order valence-corrected chi connectivity index (χ1v) is 3.86. The first kappa shape index (κ1) is 11.9. The molecule has 0 radical (unpaired) electrons. The van der Waals surface area contributed by atoms with Crippen LogP contribution in [-0.2, 0) is 9.47 Å². The summed E-state index contributed by atoms with van der Waals surface area (Å²) in [6.45, 7) is 12.3. The highest BCUT2D eigenvalue weighted by Crippen LogP contribution is 2.34. The quantitative estimate of drug-likeness (QED) is 0.494. The average Bonchev–Trinajstić information content (AvgIpc) is 2.05. The van der Waals surface area contributed by atoms with Gasteiger partial charge in [-0.3, -0.25) is 9.58 Å². The second kappa shape index (κ2) is 4.23. The fourth-order valence-corrected chi connectivity index (χ4v) is 0.786. The van der Waals surface area contributed by atoms with Crippen molar-refractivity contribution in [2.75, 3.05) is 13.9 Å². The Labute approximate surface area is 78.9 Å². The van der Waals surface area contributed by atoms with Gasteiger partial charge in [0.25, 0.3) is 0 Å².